The minimum absolute atomic E-state index is 0.0382. The summed E-state index contributed by atoms with van der Waals surface area (Å²) in [6.45, 7) is 3.04. The molecule has 1 aliphatic rings. The maximum absolute atomic E-state index is 13.8. The Morgan fingerprint density at radius 3 is 2.64 bits per heavy atom. The van der Waals surface area contributed by atoms with E-state index in [4.69, 9.17) is 0 Å². The molecule has 4 nitrogen and oxygen atoms in total. The number of likely N-dealkylation sites (N-methyl/N-ethyl adjacent to an activating group) is 1. The molecule has 122 valence electrons. The number of rotatable bonds is 4. The number of halogens is 2. The lowest BCUT2D eigenvalue weighted by Gasteiger charge is -2.32. The second-order valence-corrected chi connectivity index (χ2v) is 5.87. The van der Waals surface area contributed by atoms with Gasteiger partial charge in [0.1, 0.15) is 11.6 Å². The van der Waals surface area contributed by atoms with Crippen molar-refractivity contribution in [2.75, 3.05) is 26.7 Å². The standard InChI is InChI=1S/C16H22F2N2O2/c1-11(14-4-3-12(17)9-15(14)18)19(2)10-16(22)20-7-5-13(21)6-8-20/h3-4,9,11,13,21H,5-8,10H2,1-2H3. The summed E-state index contributed by atoms with van der Waals surface area (Å²) >= 11 is 0. The third kappa shape index (κ3) is 4.01. The Bertz CT molecular complexity index is 531. The number of benzene rings is 1. The van der Waals surface area contributed by atoms with Crippen molar-refractivity contribution in [2.24, 2.45) is 0 Å². The van der Waals surface area contributed by atoms with E-state index in [1.165, 1.54) is 12.1 Å². The van der Waals surface area contributed by atoms with E-state index >= 15 is 0 Å². The van der Waals surface area contributed by atoms with Crippen LogP contribution in [-0.2, 0) is 4.79 Å². The lowest BCUT2D eigenvalue weighted by atomic mass is 10.1. The number of aliphatic hydroxyl groups is 1. The summed E-state index contributed by atoms with van der Waals surface area (Å²) in [7, 11) is 1.74. The molecule has 6 heteroatoms. The highest BCUT2D eigenvalue weighted by Crippen LogP contribution is 2.22. The predicted octanol–water partition coefficient (Wildman–Crippen LogP) is 1.94. The van der Waals surface area contributed by atoms with Crippen LogP contribution < -0.4 is 0 Å². The smallest absolute Gasteiger partial charge is 0.236 e. The lowest BCUT2D eigenvalue weighted by molar-refractivity contribution is -0.134. The first-order chi connectivity index (χ1) is 10.4. The summed E-state index contributed by atoms with van der Waals surface area (Å²) in [6, 6.07) is 3.15. The van der Waals surface area contributed by atoms with Crippen LogP contribution in [0.2, 0.25) is 0 Å². The van der Waals surface area contributed by atoms with E-state index in [-0.39, 0.29) is 24.6 Å². The molecule has 0 spiro atoms. The van der Waals surface area contributed by atoms with Gasteiger partial charge in [-0.2, -0.15) is 0 Å². The molecule has 0 bridgehead atoms. The number of carbonyl (C=O) groups excluding carboxylic acids is 1. The van der Waals surface area contributed by atoms with Crippen LogP contribution in [0.4, 0.5) is 8.78 Å². The summed E-state index contributed by atoms with van der Waals surface area (Å²) in [5, 5.41) is 9.46. The van der Waals surface area contributed by atoms with Gasteiger partial charge in [-0.1, -0.05) is 6.07 Å². The molecule has 1 aliphatic heterocycles. The normalized spacial score (nSPS) is 17.8. The minimum Gasteiger partial charge on any atom is -0.393 e. The maximum Gasteiger partial charge on any atom is 0.236 e. The fourth-order valence-corrected chi connectivity index (χ4v) is 2.64. The molecule has 2 rings (SSSR count). The molecule has 0 aromatic heterocycles. The van der Waals surface area contributed by atoms with Gasteiger partial charge < -0.3 is 10.0 Å². The van der Waals surface area contributed by atoms with E-state index in [0.29, 0.717) is 31.5 Å². The highest BCUT2D eigenvalue weighted by atomic mass is 19.1. The van der Waals surface area contributed by atoms with Crippen molar-refractivity contribution in [3.63, 3.8) is 0 Å². The van der Waals surface area contributed by atoms with Gasteiger partial charge in [-0.3, -0.25) is 9.69 Å². The van der Waals surface area contributed by atoms with Gasteiger partial charge in [-0.15, -0.1) is 0 Å². The molecule has 1 fully saturated rings. The average molecular weight is 312 g/mol. The van der Waals surface area contributed by atoms with Gasteiger partial charge in [0, 0.05) is 30.8 Å². The zero-order chi connectivity index (χ0) is 16.3. The number of aliphatic hydroxyl groups excluding tert-OH is 1. The summed E-state index contributed by atoms with van der Waals surface area (Å²) in [4.78, 5) is 15.7. The van der Waals surface area contributed by atoms with Crippen molar-refractivity contribution < 1.29 is 18.7 Å². The highest BCUT2D eigenvalue weighted by Gasteiger charge is 2.24. The molecule has 1 aromatic rings. The Morgan fingerprint density at radius 2 is 2.05 bits per heavy atom. The highest BCUT2D eigenvalue weighted by molar-refractivity contribution is 5.78. The number of hydrogen-bond donors (Lipinski definition) is 1. The maximum atomic E-state index is 13.8. The van der Waals surface area contributed by atoms with Gasteiger partial charge in [0.05, 0.1) is 12.6 Å². The summed E-state index contributed by atoms with van der Waals surface area (Å²) in [5.41, 5.74) is 0.366. The molecule has 1 N–H and O–H groups in total. The van der Waals surface area contributed by atoms with Crippen molar-refractivity contribution in [3.8, 4) is 0 Å². The first kappa shape index (κ1) is 16.8. The summed E-state index contributed by atoms with van der Waals surface area (Å²) < 4.78 is 26.8. The van der Waals surface area contributed by atoms with Gasteiger partial charge in [0.15, 0.2) is 0 Å². The monoisotopic (exact) mass is 312 g/mol. The Hall–Kier alpha value is -1.53. The van der Waals surface area contributed by atoms with Crippen LogP contribution in [0.15, 0.2) is 18.2 Å². The molecular weight excluding hydrogens is 290 g/mol. The molecule has 1 unspecified atom stereocenters. The van der Waals surface area contributed by atoms with E-state index in [1.54, 1.807) is 23.8 Å². The molecule has 0 radical (unpaired) electrons. The molecule has 1 amide bonds. The average Bonchev–Trinajstić information content (AvgIpc) is 2.47. The van der Waals surface area contributed by atoms with E-state index in [0.717, 1.165) is 6.07 Å². The van der Waals surface area contributed by atoms with Gasteiger partial charge in [0.2, 0.25) is 5.91 Å². The molecular formula is C16H22F2N2O2. The van der Waals surface area contributed by atoms with Crippen LogP contribution in [0.25, 0.3) is 0 Å². The molecule has 0 aliphatic carbocycles. The predicted molar refractivity (Wildman–Crippen MR) is 79.2 cm³/mol. The summed E-state index contributed by atoms with van der Waals surface area (Å²) in [5.74, 6) is -1.25. The van der Waals surface area contributed by atoms with Gasteiger partial charge in [-0.25, -0.2) is 8.78 Å². The van der Waals surface area contributed by atoms with Crippen molar-refractivity contribution in [2.45, 2.75) is 31.9 Å². The van der Waals surface area contributed by atoms with E-state index in [1.807, 2.05) is 0 Å². The molecule has 1 heterocycles. The third-order valence-electron chi connectivity index (χ3n) is 4.28. The fraction of sp³-hybridized carbons (Fsp3) is 0.562. The Kier molecular flexibility index (Phi) is 5.47. The molecule has 22 heavy (non-hydrogen) atoms. The topological polar surface area (TPSA) is 43.8 Å². The number of nitrogens with zero attached hydrogens (tertiary/aromatic N) is 2. The number of hydrogen-bond acceptors (Lipinski definition) is 3. The van der Waals surface area contributed by atoms with E-state index in [2.05, 4.69) is 0 Å². The van der Waals surface area contributed by atoms with Gasteiger partial charge in [-0.05, 0) is 32.9 Å². The van der Waals surface area contributed by atoms with Crippen LogP contribution in [-0.4, -0.2) is 53.6 Å². The van der Waals surface area contributed by atoms with Crippen molar-refractivity contribution in [3.05, 3.63) is 35.4 Å². The van der Waals surface area contributed by atoms with Crippen molar-refractivity contribution in [1.29, 1.82) is 0 Å². The van der Waals surface area contributed by atoms with Crippen LogP contribution in [0.5, 0.6) is 0 Å². The van der Waals surface area contributed by atoms with Crippen LogP contribution in [0, 0.1) is 11.6 Å². The van der Waals surface area contributed by atoms with Crippen LogP contribution in [0.1, 0.15) is 31.4 Å². The molecule has 1 atom stereocenters. The summed E-state index contributed by atoms with van der Waals surface area (Å²) in [6.07, 6.45) is 0.865. The third-order valence-corrected chi connectivity index (χ3v) is 4.28. The van der Waals surface area contributed by atoms with Gasteiger partial charge in [0.25, 0.3) is 0 Å². The van der Waals surface area contributed by atoms with E-state index < -0.39 is 11.6 Å². The first-order valence-electron chi connectivity index (χ1n) is 7.49. The number of amides is 1. The minimum atomic E-state index is -0.612. The second-order valence-electron chi connectivity index (χ2n) is 5.87. The fourth-order valence-electron chi connectivity index (χ4n) is 2.64. The molecule has 0 saturated carbocycles. The van der Waals surface area contributed by atoms with Gasteiger partial charge >= 0.3 is 0 Å². The first-order valence-corrected chi connectivity index (χ1v) is 7.49. The number of piperidine rings is 1. The number of carbonyl (C=O) groups is 1. The van der Waals surface area contributed by atoms with E-state index in [9.17, 15) is 18.7 Å². The molecule has 1 aromatic carbocycles. The zero-order valence-electron chi connectivity index (χ0n) is 12.9. The van der Waals surface area contributed by atoms with Crippen molar-refractivity contribution >= 4 is 5.91 Å². The van der Waals surface area contributed by atoms with Crippen LogP contribution in [0.3, 0.4) is 0 Å². The Balaban J connectivity index is 1.96. The Morgan fingerprint density at radius 1 is 1.41 bits per heavy atom. The van der Waals surface area contributed by atoms with Crippen molar-refractivity contribution in [1.82, 2.24) is 9.80 Å². The lowest BCUT2D eigenvalue weighted by Crippen LogP contribution is -2.44. The van der Waals surface area contributed by atoms with Crippen LogP contribution >= 0.6 is 0 Å². The Labute approximate surface area is 129 Å². The SMILES string of the molecule is CC(c1ccc(F)cc1F)N(C)CC(=O)N1CCC(O)CC1. The quantitative estimate of drug-likeness (QED) is 0.924. The zero-order valence-corrected chi connectivity index (χ0v) is 12.9. The largest absolute Gasteiger partial charge is 0.393 e. The number of likely N-dealkylation sites (tertiary alicyclic amines) is 1. The second kappa shape index (κ2) is 7.15. The molecule has 1 saturated heterocycles.